The van der Waals surface area contributed by atoms with Crippen LogP contribution in [0.15, 0.2) is 24.3 Å². The summed E-state index contributed by atoms with van der Waals surface area (Å²) in [5.41, 5.74) is 0.0724. The Morgan fingerprint density at radius 2 is 1.90 bits per heavy atom. The van der Waals surface area contributed by atoms with Gasteiger partial charge in [0.2, 0.25) is 0 Å². The Morgan fingerprint density at radius 3 is 2.45 bits per heavy atom. The lowest BCUT2D eigenvalue weighted by atomic mass is 9.88. The summed E-state index contributed by atoms with van der Waals surface area (Å²) in [6, 6.07) is 7.05. The molecule has 0 radical (unpaired) electrons. The van der Waals surface area contributed by atoms with Gasteiger partial charge in [0, 0.05) is 25.2 Å². The van der Waals surface area contributed by atoms with Gasteiger partial charge in [-0.1, -0.05) is 12.1 Å². The van der Waals surface area contributed by atoms with Crippen LogP contribution in [0.5, 0.6) is 0 Å². The Morgan fingerprint density at radius 1 is 1.30 bits per heavy atom. The van der Waals surface area contributed by atoms with Crippen molar-refractivity contribution < 1.29 is 9.50 Å². The van der Waals surface area contributed by atoms with E-state index in [2.05, 4.69) is 24.1 Å². The fourth-order valence-electron chi connectivity index (χ4n) is 3.06. The van der Waals surface area contributed by atoms with E-state index in [0.717, 1.165) is 18.7 Å². The van der Waals surface area contributed by atoms with E-state index in [1.54, 1.807) is 12.1 Å². The van der Waals surface area contributed by atoms with E-state index in [4.69, 9.17) is 0 Å². The molecule has 2 N–H and O–H groups in total. The first-order valence-corrected chi connectivity index (χ1v) is 7.26. The number of aliphatic hydroxyl groups is 1. The summed E-state index contributed by atoms with van der Waals surface area (Å²) in [6.07, 6.45) is 0. The van der Waals surface area contributed by atoms with E-state index in [9.17, 15) is 9.50 Å². The molecule has 1 aliphatic heterocycles. The van der Waals surface area contributed by atoms with Crippen LogP contribution in [-0.4, -0.2) is 40.8 Å². The van der Waals surface area contributed by atoms with Crippen LogP contribution in [0.25, 0.3) is 0 Å². The normalized spacial score (nSPS) is 26.5. The molecular formula is C16H25FN2O. The quantitative estimate of drug-likeness (QED) is 0.892. The van der Waals surface area contributed by atoms with Crippen LogP contribution >= 0.6 is 0 Å². The Hall–Kier alpha value is -0.970. The second kappa shape index (κ2) is 5.80. The standard InChI is InChI=1S/C16H25FN2O/c1-11-10-19(12(2)9-18-11)15(16(3,4)20)13-5-7-14(17)8-6-13/h5-8,11-12,15,18,20H,9-10H2,1-4H3/t11-,12+,15?/m0/s1. The molecule has 0 spiro atoms. The number of nitrogens with zero attached hydrogens (tertiary/aromatic N) is 1. The minimum atomic E-state index is -0.886. The summed E-state index contributed by atoms with van der Waals surface area (Å²) in [4.78, 5) is 2.31. The molecule has 1 fully saturated rings. The lowest BCUT2D eigenvalue weighted by Gasteiger charge is -2.47. The van der Waals surface area contributed by atoms with Crippen molar-refractivity contribution in [2.24, 2.45) is 0 Å². The Labute approximate surface area is 120 Å². The maximum atomic E-state index is 13.1. The molecule has 1 aliphatic rings. The van der Waals surface area contributed by atoms with Gasteiger partial charge in [0.1, 0.15) is 5.82 Å². The van der Waals surface area contributed by atoms with Crippen molar-refractivity contribution in [2.75, 3.05) is 13.1 Å². The number of piperazine rings is 1. The Kier molecular flexibility index (Phi) is 4.47. The van der Waals surface area contributed by atoms with Gasteiger partial charge in [-0.2, -0.15) is 0 Å². The average Bonchev–Trinajstić information content (AvgIpc) is 2.35. The third-order valence-electron chi connectivity index (χ3n) is 4.00. The highest BCUT2D eigenvalue weighted by Gasteiger charge is 2.38. The summed E-state index contributed by atoms with van der Waals surface area (Å²) in [6.45, 7) is 9.70. The predicted molar refractivity (Wildman–Crippen MR) is 79.1 cm³/mol. The molecule has 1 aromatic rings. The van der Waals surface area contributed by atoms with Gasteiger partial charge in [0.15, 0.2) is 0 Å². The van der Waals surface area contributed by atoms with Crippen molar-refractivity contribution in [3.63, 3.8) is 0 Å². The van der Waals surface area contributed by atoms with Gasteiger partial charge in [-0.25, -0.2) is 4.39 Å². The summed E-state index contributed by atoms with van der Waals surface area (Å²) < 4.78 is 13.1. The van der Waals surface area contributed by atoms with E-state index in [-0.39, 0.29) is 11.9 Å². The monoisotopic (exact) mass is 280 g/mol. The number of benzene rings is 1. The van der Waals surface area contributed by atoms with Gasteiger partial charge >= 0.3 is 0 Å². The molecule has 4 heteroatoms. The lowest BCUT2D eigenvalue weighted by Crippen LogP contribution is -2.58. The summed E-state index contributed by atoms with van der Waals surface area (Å²) in [7, 11) is 0. The van der Waals surface area contributed by atoms with Crippen molar-refractivity contribution in [1.82, 2.24) is 10.2 Å². The zero-order valence-corrected chi connectivity index (χ0v) is 12.7. The lowest BCUT2D eigenvalue weighted by molar-refractivity contribution is -0.0473. The largest absolute Gasteiger partial charge is 0.388 e. The maximum Gasteiger partial charge on any atom is 0.123 e. The second-order valence-corrected chi connectivity index (χ2v) is 6.46. The molecule has 1 heterocycles. The smallest absolute Gasteiger partial charge is 0.123 e. The molecule has 20 heavy (non-hydrogen) atoms. The van der Waals surface area contributed by atoms with Crippen molar-refractivity contribution >= 4 is 0 Å². The first kappa shape index (κ1) is 15.4. The summed E-state index contributed by atoms with van der Waals surface area (Å²) in [5.74, 6) is -0.245. The Balaban J connectivity index is 2.34. The number of halogens is 1. The topological polar surface area (TPSA) is 35.5 Å². The highest BCUT2D eigenvalue weighted by Crippen LogP contribution is 2.34. The van der Waals surface area contributed by atoms with Gasteiger partial charge in [0.25, 0.3) is 0 Å². The van der Waals surface area contributed by atoms with E-state index < -0.39 is 5.60 Å². The van der Waals surface area contributed by atoms with Crippen molar-refractivity contribution in [1.29, 1.82) is 0 Å². The van der Waals surface area contributed by atoms with Crippen molar-refractivity contribution in [3.8, 4) is 0 Å². The molecule has 1 unspecified atom stereocenters. The molecular weight excluding hydrogens is 255 g/mol. The molecule has 0 aromatic heterocycles. The molecule has 3 atom stereocenters. The first-order valence-electron chi connectivity index (χ1n) is 7.26. The average molecular weight is 280 g/mol. The van der Waals surface area contributed by atoms with Gasteiger partial charge in [-0.05, 0) is 45.4 Å². The van der Waals surface area contributed by atoms with Gasteiger partial charge in [-0.3, -0.25) is 4.90 Å². The Bertz CT molecular complexity index is 441. The molecule has 2 rings (SSSR count). The van der Waals surface area contributed by atoms with Crippen LogP contribution in [0.3, 0.4) is 0 Å². The van der Waals surface area contributed by atoms with E-state index >= 15 is 0 Å². The van der Waals surface area contributed by atoms with E-state index in [0.29, 0.717) is 12.1 Å². The van der Waals surface area contributed by atoms with Crippen molar-refractivity contribution in [2.45, 2.75) is 51.4 Å². The molecule has 0 bridgehead atoms. The molecule has 3 nitrogen and oxygen atoms in total. The van der Waals surface area contributed by atoms with Crippen LogP contribution in [0.4, 0.5) is 4.39 Å². The molecule has 0 saturated carbocycles. The van der Waals surface area contributed by atoms with Gasteiger partial charge < -0.3 is 10.4 Å². The third kappa shape index (κ3) is 3.37. The van der Waals surface area contributed by atoms with E-state index in [1.807, 2.05) is 13.8 Å². The zero-order chi connectivity index (χ0) is 14.9. The first-order chi connectivity index (χ1) is 9.29. The fraction of sp³-hybridized carbons (Fsp3) is 0.625. The number of rotatable bonds is 3. The number of nitrogens with one attached hydrogen (secondary N) is 1. The van der Waals surface area contributed by atoms with Gasteiger partial charge in [0.05, 0.1) is 11.6 Å². The highest BCUT2D eigenvalue weighted by molar-refractivity contribution is 5.23. The van der Waals surface area contributed by atoms with Crippen LogP contribution in [0.2, 0.25) is 0 Å². The summed E-state index contributed by atoms with van der Waals surface area (Å²) in [5, 5.41) is 14.0. The second-order valence-electron chi connectivity index (χ2n) is 6.46. The van der Waals surface area contributed by atoms with Crippen LogP contribution in [-0.2, 0) is 0 Å². The SMILES string of the molecule is C[C@@H]1CN[C@@H](C)CN1C(c1ccc(F)cc1)C(C)(C)O. The molecule has 112 valence electrons. The molecule has 1 saturated heterocycles. The van der Waals surface area contributed by atoms with Gasteiger partial charge in [-0.15, -0.1) is 0 Å². The minimum Gasteiger partial charge on any atom is -0.388 e. The minimum absolute atomic E-state index is 0.136. The third-order valence-corrected chi connectivity index (χ3v) is 4.00. The predicted octanol–water partition coefficient (Wildman–Crippen LogP) is 2.32. The van der Waals surface area contributed by atoms with Crippen molar-refractivity contribution in [3.05, 3.63) is 35.6 Å². The van der Waals surface area contributed by atoms with Crippen LogP contribution in [0, 0.1) is 5.82 Å². The number of hydrogen-bond donors (Lipinski definition) is 2. The molecule has 0 aliphatic carbocycles. The van der Waals surface area contributed by atoms with Crippen LogP contribution in [0.1, 0.15) is 39.3 Å². The maximum absolute atomic E-state index is 13.1. The van der Waals surface area contributed by atoms with E-state index in [1.165, 1.54) is 12.1 Å². The van der Waals surface area contributed by atoms with Crippen LogP contribution < -0.4 is 5.32 Å². The molecule has 0 amide bonds. The molecule has 1 aromatic carbocycles. The summed E-state index contributed by atoms with van der Waals surface area (Å²) >= 11 is 0. The number of hydrogen-bond acceptors (Lipinski definition) is 3. The zero-order valence-electron chi connectivity index (χ0n) is 12.7. The fourth-order valence-corrected chi connectivity index (χ4v) is 3.06. The highest BCUT2D eigenvalue weighted by atomic mass is 19.1.